The number of hydrogen-bond donors (Lipinski definition) is 3. The Bertz CT molecular complexity index is 975. The standard InChI is InChI=1S/C18H21N7O/c1-25-15(7-19)13(8-23-25)14-6-12-16(21-11-22-17(12)24-14)20-9-18(10-26)4-2-3-5-18/h6,8,11,26H,2-5,9-10H2,1H3,(H2,20,21,22,24). The summed E-state index contributed by atoms with van der Waals surface area (Å²) in [6.45, 7) is 0.875. The molecule has 0 saturated heterocycles. The summed E-state index contributed by atoms with van der Waals surface area (Å²) in [6.07, 6.45) is 7.57. The van der Waals surface area contributed by atoms with E-state index >= 15 is 0 Å². The highest BCUT2D eigenvalue weighted by molar-refractivity contribution is 5.91. The molecule has 3 N–H and O–H groups in total. The van der Waals surface area contributed by atoms with Crippen molar-refractivity contribution in [3.8, 4) is 17.3 Å². The van der Waals surface area contributed by atoms with Gasteiger partial charge < -0.3 is 15.4 Å². The number of aromatic nitrogens is 5. The number of H-pyrrole nitrogens is 1. The van der Waals surface area contributed by atoms with E-state index in [0.29, 0.717) is 17.9 Å². The second-order valence-electron chi connectivity index (χ2n) is 7.03. The van der Waals surface area contributed by atoms with Crippen molar-refractivity contribution < 1.29 is 5.11 Å². The van der Waals surface area contributed by atoms with E-state index in [-0.39, 0.29) is 12.0 Å². The van der Waals surface area contributed by atoms with Crippen molar-refractivity contribution in [1.82, 2.24) is 24.7 Å². The van der Waals surface area contributed by atoms with Gasteiger partial charge in [-0.3, -0.25) is 4.68 Å². The second-order valence-corrected chi connectivity index (χ2v) is 7.03. The van der Waals surface area contributed by atoms with Gasteiger partial charge in [-0.15, -0.1) is 0 Å². The number of nitrogens with one attached hydrogen (secondary N) is 2. The minimum atomic E-state index is -0.0618. The van der Waals surface area contributed by atoms with Crippen LogP contribution in [0.1, 0.15) is 31.4 Å². The van der Waals surface area contributed by atoms with Gasteiger partial charge in [0.15, 0.2) is 0 Å². The molecule has 8 heteroatoms. The first-order valence-electron chi connectivity index (χ1n) is 8.77. The minimum absolute atomic E-state index is 0.0618. The Kier molecular flexibility index (Phi) is 4.09. The topological polar surface area (TPSA) is 115 Å². The van der Waals surface area contributed by atoms with Gasteiger partial charge in [0.05, 0.1) is 29.4 Å². The third kappa shape index (κ3) is 2.70. The molecule has 0 radical (unpaired) electrons. The minimum Gasteiger partial charge on any atom is -0.396 e. The Balaban J connectivity index is 1.67. The van der Waals surface area contributed by atoms with Gasteiger partial charge in [-0.2, -0.15) is 10.4 Å². The van der Waals surface area contributed by atoms with E-state index in [1.165, 1.54) is 6.33 Å². The smallest absolute Gasteiger partial charge is 0.147 e. The molecule has 1 aliphatic rings. The van der Waals surface area contributed by atoms with Gasteiger partial charge in [0.1, 0.15) is 29.6 Å². The molecule has 4 rings (SSSR count). The van der Waals surface area contributed by atoms with E-state index in [2.05, 4.69) is 31.4 Å². The van der Waals surface area contributed by atoms with E-state index in [0.717, 1.165) is 48.1 Å². The number of aryl methyl sites for hydroxylation is 1. The van der Waals surface area contributed by atoms with Crippen LogP contribution in [-0.2, 0) is 7.05 Å². The summed E-state index contributed by atoms with van der Waals surface area (Å²) in [5.41, 5.74) is 2.65. The highest BCUT2D eigenvalue weighted by Crippen LogP contribution is 2.38. The predicted octanol–water partition coefficient (Wildman–Crippen LogP) is 2.19. The van der Waals surface area contributed by atoms with Gasteiger partial charge in [-0.25, -0.2) is 9.97 Å². The monoisotopic (exact) mass is 351 g/mol. The maximum absolute atomic E-state index is 9.80. The van der Waals surface area contributed by atoms with E-state index in [4.69, 9.17) is 0 Å². The second kappa shape index (κ2) is 6.42. The molecule has 26 heavy (non-hydrogen) atoms. The number of nitriles is 1. The van der Waals surface area contributed by atoms with Gasteiger partial charge in [-0.05, 0) is 18.9 Å². The van der Waals surface area contributed by atoms with Gasteiger partial charge >= 0.3 is 0 Å². The normalized spacial score (nSPS) is 16.0. The first-order chi connectivity index (χ1) is 12.7. The van der Waals surface area contributed by atoms with Crippen LogP contribution in [0.2, 0.25) is 0 Å². The van der Waals surface area contributed by atoms with Crippen LogP contribution in [-0.4, -0.2) is 43.0 Å². The fourth-order valence-corrected chi connectivity index (χ4v) is 3.78. The molecule has 0 aromatic carbocycles. The summed E-state index contributed by atoms with van der Waals surface area (Å²) in [4.78, 5) is 11.9. The van der Waals surface area contributed by atoms with Gasteiger partial charge in [0.25, 0.3) is 0 Å². The van der Waals surface area contributed by atoms with Crippen LogP contribution in [0.5, 0.6) is 0 Å². The molecular formula is C18H21N7O. The molecule has 3 heterocycles. The molecule has 0 unspecified atom stereocenters. The highest BCUT2D eigenvalue weighted by Gasteiger charge is 2.33. The number of anilines is 1. The van der Waals surface area contributed by atoms with Crippen LogP contribution in [0.3, 0.4) is 0 Å². The van der Waals surface area contributed by atoms with Gasteiger partial charge in [0, 0.05) is 19.0 Å². The third-order valence-electron chi connectivity index (χ3n) is 5.39. The molecule has 1 saturated carbocycles. The zero-order chi connectivity index (χ0) is 18.1. The third-order valence-corrected chi connectivity index (χ3v) is 5.39. The average molecular weight is 351 g/mol. The summed E-state index contributed by atoms with van der Waals surface area (Å²) >= 11 is 0. The van der Waals surface area contributed by atoms with E-state index in [1.807, 2.05) is 6.07 Å². The fraction of sp³-hybridized carbons (Fsp3) is 0.444. The summed E-state index contributed by atoms with van der Waals surface area (Å²) < 4.78 is 1.55. The van der Waals surface area contributed by atoms with Crippen LogP contribution < -0.4 is 5.32 Å². The number of nitrogens with zero attached hydrogens (tertiary/aromatic N) is 5. The van der Waals surface area contributed by atoms with Crippen molar-refractivity contribution in [1.29, 1.82) is 5.26 Å². The number of aliphatic hydroxyl groups is 1. The summed E-state index contributed by atoms with van der Waals surface area (Å²) in [5.74, 6) is 0.736. The molecule has 0 spiro atoms. The van der Waals surface area contributed by atoms with Crippen molar-refractivity contribution >= 4 is 16.9 Å². The van der Waals surface area contributed by atoms with E-state index in [1.54, 1.807) is 17.9 Å². The SMILES string of the molecule is Cn1ncc(-c2cc3c(NCC4(CO)CCCC4)ncnc3[nH]2)c1C#N. The Labute approximate surface area is 150 Å². The zero-order valence-electron chi connectivity index (χ0n) is 14.7. The first-order valence-corrected chi connectivity index (χ1v) is 8.77. The van der Waals surface area contributed by atoms with Crippen LogP contribution in [0.15, 0.2) is 18.6 Å². The molecule has 1 aliphatic carbocycles. The molecule has 0 bridgehead atoms. The fourth-order valence-electron chi connectivity index (χ4n) is 3.78. The zero-order valence-corrected chi connectivity index (χ0v) is 14.7. The Morgan fingerprint density at radius 1 is 1.38 bits per heavy atom. The molecule has 0 atom stereocenters. The average Bonchev–Trinajstić information content (AvgIpc) is 3.37. The van der Waals surface area contributed by atoms with E-state index in [9.17, 15) is 10.4 Å². The molecule has 3 aromatic rings. The predicted molar refractivity (Wildman–Crippen MR) is 97.3 cm³/mol. The molecule has 0 amide bonds. The van der Waals surface area contributed by atoms with E-state index < -0.39 is 0 Å². The van der Waals surface area contributed by atoms with Crippen LogP contribution in [0, 0.1) is 16.7 Å². The molecule has 3 aromatic heterocycles. The Morgan fingerprint density at radius 2 is 2.19 bits per heavy atom. The lowest BCUT2D eigenvalue weighted by molar-refractivity contribution is 0.142. The van der Waals surface area contributed by atoms with Crippen LogP contribution in [0.4, 0.5) is 5.82 Å². The summed E-state index contributed by atoms with van der Waals surface area (Å²) in [5, 5.41) is 27.6. The quantitative estimate of drug-likeness (QED) is 0.649. The maximum atomic E-state index is 9.80. The number of aliphatic hydroxyl groups excluding tert-OH is 1. The Morgan fingerprint density at radius 3 is 2.92 bits per heavy atom. The molecule has 0 aliphatic heterocycles. The Hall–Kier alpha value is -2.92. The number of hydrogen-bond acceptors (Lipinski definition) is 6. The van der Waals surface area contributed by atoms with Crippen molar-refractivity contribution in [2.75, 3.05) is 18.5 Å². The van der Waals surface area contributed by atoms with Crippen molar-refractivity contribution in [3.63, 3.8) is 0 Å². The van der Waals surface area contributed by atoms with Crippen molar-refractivity contribution in [2.24, 2.45) is 12.5 Å². The maximum Gasteiger partial charge on any atom is 0.147 e. The lowest BCUT2D eigenvalue weighted by Gasteiger charge is -2.26. The molecular weight excluding hydrogens is 330 g/mol. The summed E-state index contributed by atoms with van der Waals surface area (Å²) in [6, 6.07) is 4.12. The lowest BCUT2D eigenvalue weighted by Crippen LogP contribution is -2.30. The van der Waals surface area contributed by atoms with Gasteiger partial charge in [0.2, 0.25) is 0 Å². The molecule has 1 fully saturated rings. The molecule has 8 nitrogen and oxygen atoms in total. The van der Waals surface area contributed by atoms with Gasteiger partial charge in [-0.1, -0.05) is 12.8 Å². The largest absolute Gasteiger partial charge is 0.396 e. The first kappa shape index (κ1) is 16.5. The highest BCUT2D eigenvalue weighted by atomic mass is 16.3. The number of aromatic amines is 1. The number of rotatable bonds is 5. The van der Waals surface area contributed by atoms with Crippen LogP contribution >= 0.6 is 0 Å². The van der Waals surface area contributed by atoms with Crippen LogP contribution in [0.25, 0.3) is 22.3 Å². The number of fused-ring (bicyclic) bond motifs is 1. The van der Waals surface area contributed by atoms with Crippen molar-refractivity contribution in [2.45, 2.75) is 25.7 Å². The van der Waals surface area contributed by atoms with Crippen molar-refractivity contribution in [3.05, 3.63) is 24.3 Å². The molecule has 134 valence electrons. The summed E-state index contributed by atoms with van der Waals surface area (Å²) in [7, 11) is 1.74. The lowest BCUT2D eigenvalue weighted by atomic mass is 9.87.